The molecule has 2 aromatic carbocycles. The molecule has 0 atom stereocenters. The lowest BCUT2D eigenvalue weighted by Gasteiger charge is -2.26. The van der Waals surface area contributed by atoms with Crippen LogP contribution in [0, 0.1) is 0 Å². The van der Waals surface area contributed by atoms with Gasteiger partial charge in [0.25, 0.3) is 17.7 Å². The number of nitrogens with one attached hydrogen (secondary N) is 1. The summed E-state index contributed by atoms with van der Waals surface area (Å²) in [6, 6.07) is 10.4. The number of amides is 3. The van der Waals surface area contributed by atoms with Crippen LogP contribution in [0.2, 0.25) is 0 Å². The lowest BCUT2D eigenvalue weighted by atomic mass is 10.1. The first-order valence-corrected chi connectivity index (χ1v) is 12.3. The predicted octanol–water partition coefficient (Wildman–Crippen LogP) is 2.36. The molecule has 2 aromatic rings. The number of ether oxygens (including phenoxy) is 1. The van der Waals surface area contributed by atoms with Crippen molar-refractivity contribution in [1.82, 2.24) is 9.21 Å². The average molecular weight is 472 g/mol. The maximum absolute atomic E-state index is 12.9. The summed E-state index contributed by atoms with van der Waals surface area (Å²) in [5, 5.41) is 2.68. The van der Waals surface area contributed by atoms with Crippen LogP contribution in [0.1, 0.15) is 50.8 Å². The standard InChI is InChI=1S/C23H25N3O6S/c1-2-3-9-26-22(28)19-8-7-16(14-20(19)23(26)29)21(27)24-17-5-4-6-18(15-17)33(30,31)25-10-12-32-13-11-25/h4-8,14-15H,2-3,9-13H2,1H3,(H,24,27). The van der Waals surface area contributed by atoms with E-state index in [2.05, 4.69) is 5.32 Å². The number of unbranched alkanes of at least 4 members (excludes halogenated alkanes) is 1. The molecule has 174 valence electrons. The van der Waals surface area contributed by atoms with Crippen molar-refractivity contribution in [2.75, 3.05) is 38.2 Å². The van der Waals surface area contributed by atoms with Gasteiger partial charge >= 0.3 is 0 Å². The Labute approximate surface area is 192 Å². The number of imide groups is 1. The normalized spacial score (nSPS) is 16.7. The maximum Gasteiger partial charge on any atom is 0.261 e. The smallest absolute Gasteiger partial charge is 0.261 e. The molecule has 2 aliphatic rings. The van der Waals surface area contributed by atoms with Gasteiger partial charge in [-0.3, -0.25) is 19.3 Å². The second-order valence-electron chi connectivity index (χ2n) is 7.87. The van der Waals surface area contributed by atoms with Crippen LogP contribution in [0.5, 0.6) is 0 Å². The highest BCUT2D eigenvalue weighted by atomic mass is 32.2. The second-order valence-corrected chi connectivity index (χ2v) is 9.81. The Morgan fingerprint density at radius 2 is 1.76 bits per heavy atom. The zero-order valence-electron chi connectivity index (χ0n) is 18.2. The van der Waals surface area contributed by atoms with E-state index in [0.717, 1.165) is 6.42 Å². The van der Waals surface area contributed by atoms with Gasteiger partial charge in [-0.1, -0.05) is 19.4 Å². The quantitative estimate of drug-likeness (QED) is 0.621. The van der Waals surface area contributed by atoms with Crippen molar-refractivity contribution in [3.05, 3.63) is 59.2 Å². The van der Waals surface area contributed by atoms with Gasteiger partial charge in [0.1, 0.15) is 0 Å². The Bertz CT molecular complexity index is 1200. The van der Waals surface area contributed by atoms with Crippen LogP contribution in [-0.2, 0) is 14.8 Å². The molecular formula is C23H25N3O6S. The van der Waals surface area contributed by atoms with E-state index in [1.165, 1.54) is 39.5 Å². The second kappa shape index (κ2) is 9.42. The van der Waals surface area contributed by atoms with Crippen molar-refractivity contribution in [1.29, 1.82) is 0 Å². The van der Waals surface area contributed by atoms with E-state index in [0.29, 0.717) is 31.9 Å². The summed E-state index contributed by atoms with van der Waals surface area (Å²) in [5.74, 6) is -1.26. The third-order valence-corrected chi connectivity index (χ3v) is 7.56. The Balaban J connectivity index is 1.52. The number of hydrogen-bond acceptors (Lipinski definition) is 6. The molecular weight excluding hydrogens is 446 g/mol. The lowest BCUT2D eigenvalue weighted by molar-refractivity contribution is 0.0652. The molecule has 3 amide bonds. The number of carbonyl (C=O) groups excluding carboxylic acids is 3. The zero-order chi connectivity index (χ0) is 23.6. The zero-order valence-corrected chi connectivity index (χ0v) is 19.1. The highest BCUT2D eigenvalue weighted by Crippen LogP contribution is 2.25. The fourth-order valence-corrected chi connectivity index (χ4v) is 5.28. The van der Waals surface area contributed by atoms with Crippen molar-refractivity contribution in [3.63, 3.8) is 0 Å². The van der Waals surface area contributed by atoms with Crippen LogP contribution >= 0.6 is 0 Å². The van der Waals surface area contributed by atoms with E-state index in [4.69, 9.17) is 4.74 Å². The number of morpholine rings is 1. The minimum Gasteiger partial charge on any atom is -0.379 e. The molecule has 9 nitrogen and oxygen atoms in total. The van der Waals surface area contributed by atoms with Gasteiger partial charge in [-0.15, -0.1) is 0 Å². The molecule has 2 heterocycles. The summed E-state index contributed by atoms with van der Waals surface area (Å²) >= 11 is 0. The molecule has 0 aromatic heterocycles. The summed E-state index contributed by atoms with van der Waals surface area (Å²) in [7, 11) is -3.71. The summed E-state index contributed by atoms with van der Waals surface area (Å²) < 4.78 is 32.3. The van der Waals surface area contributed by atoms with E-state index in [-0.39, 0.29) is 40.6 Å². The number of hydrogen-bond donors (Lipinski definition) is 1. The van der Waals surface area contributed by atoms with Gasteiger partial charge in [0, 0.05) is 30.9 Å². The van der Waals surface area contributed by atoms with Crippen LogP contribution in [0.25, 0.3) is 0 Å². The SMILES string of the molecule is CCCCN1C(=O)c2ccc(C(=O)Nc3cccc(S(=O)(=O)N4CCOCC4)c3)cc2C1=O. The molecule has 0 radical (unpaired) electrons. The Kier molecular flexibility index (Phi) is 6.59. The molecule has 1 saturated heterocycles. The molecule has 0 unspecified atom stereocenters. The third-order valence-electron chi connectivity index (χ3n) is 5.67. The molecule has 2 aliphatic heterocycles. The average Bonchev–Trinajstić information content (AvgIpc) is 3.07. The first-order valence-electron chi connectivity index (χ1n) is 10.8. The molecule has 10 heteroatoms. The number of carbonyl (C=O) groups is 3. The van der Waals surface area contributed by atoms with Gasteiger partial charge in [-0.2, -0.15) is 4.31 Å². The fourth-order valence-electron chi connectivity index (χ4n) is 3.82. The van der Waals surface area contributed by atoms with Gasteiger partial charge in [-0.25, -0.2) is 8.42 Å². The van der Waals surface area contributed by atoms with Crippen molar-refractivity contribution >= 4 is 33.4 Å². The Morgan fingerprint density at radius 3 is 2.48 bits per heavy atom. The first kappa shape index (κ1) is 23.1. The number of rotatable bonds is 7. The number of sulfonamides is 1. The summed E-state index contributed by atoms with van der Waals surface area (Å²) in [4.78, 5) is 39.2. The Morgan fingerprint density at radius 1 is 1.03 bits per heavy atom. The highest BCUT2D eigenvalue weighted by molar-refractivity contribution is 7.89. The number of fused-ring (bicyclic) bond motifs is 1. The molecule has 1 fully saturated rings. The van der Waals surface area contributed by atoms with Crippen LogP contribution in [0.15, 0.2) is 47.4 Å². The predicted molar refractivity (Wildman–Crippen MR) is 121 cm³/mol. The molecule has 0 spiro atoms. The van der Waals surface area contributed by atoms with Crippen LogP contribution in [0.3, 0.4) is 0 Å². The monoisotopic (exact) mass is 471 g/mol. The first-order chi connectivity index (χ1) is 15.8. The minimum atomic E-state index is -3.71. The summed E-state index contributed by atoms with van der Waals surface area (Å²) in [6.45, 7) is 3.54. The van der Waals surface area contributed by atoms with Gasteiger partial charge < -0.3 is 10.1 Å². The van der Waals surface area contributed by atoms with Gasteiger partial charge in [0.2, 0.25) is 10.0 Å². The molecule has 0 aliphatic carbocycles. The molecule has 0 bridgehead atoms. The van der Waals surface area contributed by atoms with Crippen molar-refractivity contribution in [2.45, 2.75) is 24.7 Å². The summed E-state index contributed by atoms with van der Waals surface area (Å²) in [5.41, 5.74) is 0.995. The van der Waals surface area contributed by atoms with Gasteiger partial charge in [0.05, 0.1) is 29.2 Å². The van der Waals surface area contributed by atoms with Crippen LogP contribution in [0.4, 0.5) is 5.69 Å². The highest BCUT2D eigenvalue weighted by Gasteiger charge is 2.35. The van der Waals surface area contributed by atoms with Crippen LogP contribution < -0.4 is 5.32 Å². The fraction of sp³-hybridized carbons (Fsp3) is 0.348. The molecule has 33 heavy (non-hydrogen) atoms. The van der Waals surface area contributed by atoms with Crippen molar-refractivity contribution < 1.29 is 27.5 Å². The number of anilines is 1. The van der Waals surface area contributed by atoms with E-state index in [1.54, 1.807) is 12.1 Å². The van der Waals surface area contributed by atoms with E-state index >= 15 is 0 Å². The van der Waals surface area contributed by atoms with E-state index in [9.17, 15) is 22.8 Å². The largest absolute Gasteiger partial charge is 0.379 e. The van der Waals surface area contributed by atoms with Crippen molar-refractivity contribution in [2.24, 2.45) is 0 Å². The van der Waals surface area contributed by atoms with Gasteiger partial charge in [-0.05, 0) is 42.8 Å². The topological polar surface area (TPSA) is 113 Å². The van der Waals surface area contributed by atoms with E-state index < -0.39 is 21.8 Å². The Hall–Kier alpha value is -3.08. The molecule has 1 N–H and O–H groups in total. The maximum atomic E-state index is 12.9. The number of nitrogens with zero attached hydrogens (tertiary/aromatic N) is 2. The minimum absolute atomic E-state index is 0.0727. The van der Waals surface area contributed by atoms with Crippen LogP contribution in [-0.4, -0.2) is 68.2 Å². The van der Waals surface area contributed by atoms with E-state index in [1.807, 2.05) is 6.92 Å². The third kappa shape index (κ3) is 4.54. The molecule has 0 saturated carbocycles. The van der Waals surface area contributed by atoms with Crippen molar-refractivity contribution in [3.8, 4) is 0 Å². The molecule has 4 rings (SSSR count). The number of benzene rings is 2. The lowest BCUT2D eigenvalue weighted by Crippen LogP contribution is -2.40. The summed E-state index contributed by atoms with van der Waals surface area (Å²) in [6.07, 6.45) is 1.56. The van der Waals surface area contributed by atoms with Gasteiger partial charge in [0.15, 0.2) is 0 Å².